The molecule has 1 saturated carbocycles. The lowest BCUT2D eigenvalue weighted by Crippen LogP contribution is -2.46. The molecule has 6 nitrogen and oxygen atoms in total. The highest BCUT2D eigenvalue weighted by molar-refractivity contribution is 6.00. The van der Waals surface area contributed by atoms with E-state index in [-0.39, 0.29) is 17.9 Å². The van der Waals surface area contributed by atoms with Gasteiger partial charge in [-0.1, -0.05) is 37.5 Å². The van der Waals surface area contributed by atoms with Gasteiger partial charge in [-0.2, -0.15) is 0 Å². The number of anilines is 1. The van der Waals surface area contributed by atoms with E-state index in [4.69, 9.17) is 4.74 Å². The molecule has 0 aromatic heterocycles. The van der Waals surface area contributed by atoms with Crippen LogP contribution < -0.4 is 15.0 Å². The van der Waals surface area contributed by atoms with E-state index >= 15 is 0 Å². The maximum atomic E-state index is 13.6. The van der Waals surface area contributed by atoms with E-state index in [2.05, 4.69) is 28.1 Å². The summed E-state index contributed by atoms with van der Waals surface area (Å²) in [5.74, 6) is 0.760. The SMILES string of the molecule is CCN(C(=O)c1ccccc1N1CCC(NC(=O)c2cccc(OC)c2)CC1)C1CCCCC1. The molecule has 1 aliphatic carbocycles. The van der Waals surface area contributed by atoms with Crippen molar-refractivity contribution in [3.63, 3.8) is 0 Å². The highest BCUT2D eigenvalue weighted by Gasteiger charge is 2.29. The van der Waals surface area contributed by atoms with Crippen molar-refractivity contribution in [1.29, 1.82) is 0 Å². The van der Waals surface area contributed by atoms with E-state index in [0.717, 1.165) is 56.6 Å². The van der Waals surface area contributed by atoms with Crippen molar-refractivity contribution < 1.29 is 14.3 Å². The average Bonchev–Trinajstić information content (AvgIpc) is 2.90. The highest BCUT2D eigenvalue weighted by Crippen LogP contribution is 2.29. The fourth-order valence-corrected chi connectivity index (χ4v) is 5.34. The molecule has 0 radical (unpaired) electrons. The van der Waals surface area contributed by atoms with E-state index in [0.29, 0.717) is 17.4 Å². The van der Waals surface area contributed by atoms with Gasteiger partial charge in [-0.15, -0.1) is 0 Å². The number of nitrogens with one attached hydrogen (secondary N) is 1. The Kier molecular flexibility index (Phi) is 8.09. The zero-order valence-electron chi connectivity index (χ0n) is 20.5. The first-order valence-electron chi connectivity index (χ1n) is 12.7. The lowest BCUT2D eigenvalue weighted by atomic mass is 9.93. The first kappa shape index (κ1) is 24.1. The van der Waals surface area contributed by atoms with Crippen molar-refractivity contribution in [2.24, 2.45) is 0 Å². The summed E-state index contributed by atoms with van der Waals surface area (Å²) >= 11 is 0. The van der Waals surface area contributed by atoms with Gasteiger partial charge in [0.15, 0.2) is 0 Å². The highest BCUT2D eigenvalue weighted by atomic mass is 16.5. The van der Waals surface area contributed by atoms with Gasteiger partial charge in [0.05, 0.1) is 12.7 Å². The van der Waals surface area contributed by atoms with Crippen LogP contribution in [0.3, 0.4) is 0 Å². The first-order valence-corrected chi connectivity index (χ1v) is 12.7. The molecule has 1 aliphatic heterocycles. The van der Waals surface area contributed by atoms with Crippen LogP contribution in [-0.2, 0) is 0 Å². The Balaban J connectivity index is 1.40. The van der Waals surface area contributed by atoms with Gasteiger partial charge >= 0.3 is 0 Å². The van der Waals surface area contributed by atoms with Gasteiger partial charge in [-0.3, -0.25) is 9.59 Å². The number of rotatable bonds is 7. The normalized spacial score (nSPS) is 17.3. The zero-order valence-corrected chi connectivity index (χ0v) is 20.5. The first-order chi connectivity index (χ1) is 16.6. The van der Waals surface area contributed by atoms with Crippen molar-refractivity contribution in [2.75, 3.05) is 31.6 Å². The van der Waals surface area contributed by atoms with Crippen LogP contribution in [0.5, 0.6) is 5.75 Å². The minimum atomic E-state index is -0.0704. The second kappa shape index (κ2) is 11.4. The van der Waals surface area contributed by atoms with Crippen molar-refractivity contribution in [1.82, 2.24) is 10.2 Å². The molecule has 0 atom stereocenters. The van der Waals surface area contributed by atoms with Crippen molar-refractivity contribution in [3.8, 4) is 5.75 Å². The third-order valence-corrected chi connectivity index (χ3v) is 7.25. The van der Waals surface area contributed by atoms with E-state index in [1.54, 1.807) is 19.2 Å². The van der Waals surface area contributed by atoms with Crippen molar-refractivity contribution >= 4 is 17.5 Å². The van der Waals surface area contributed by atoms with E-state index < -0.39 is 0 Å². The largest absolute Gasteiger partial charge is 0.497 e. The maximum Gasteiger partial charge on any atom is 0.256 e. The third-order valence-electron chi connectivity index (χ3n) is 7.25. The molecule has 1 saturated heterocycles. The number of amides is 2. The predicted octanol–water partition coefficient (Wildman–Crippen LogP) is 4.89. The fourth-order valence-electron chi connectivity index (χ4n) is 5.34. The Morgan fingerprint density at radius 2 is 1.74 bits per heavy atom. The number of methoxy groups -OCH3 is 1. The molecule has 2 fully saturated rings. The Hall–Kier alpha value is -3.02. The molecule has 182 valence electrons. The van der Waals surface area contributed by atoms with Crippen LogP contribution in [0.1, 0.15) is 72.6 Å². The zero-order chi connectivity index (χ0) is 23.9. The molecule has 1 N–H and O–H groups in total. The third kappa shape index (κ3) is 5.54. The number of para-hydroxylation sites is 1. The standard InChI is InChI=1S/C28H37N3O3/c1-3-31(23-11-5-4-6-12-23)28(33)25-14-7-8-15-26(25)30-18-16-22(17-19-30)29-27(32)21-10-9-13-24(20-21)34-2/h7-10,13-15,20,22-23H,3-6,11-12,16-19H2,1-2H3,(H,29,32). The molecule has 0 spiro atoms. The predicted molar refractivity (Wildman–Crippen MR) is 136 cm³/mol. The van der Waals surface area contributed by atoms with Gasteiger partial charge in [0.2, 0.25) is 0 Å². The number of ether oxygens (including phenoxy) is 1. The van der Waals surface area contributed by atoms with E-state index in [9.17, 15) is 9.59 Å². The molecule has 6 heteroatoms. The van der Waals surface area contributed by atoms with Crippen LogP contribution in [0.15, 0.2) is 48.5 Å². The Bertz CT molecular complexity index is 978. The molecule has 34 heavy (non-hydrogen) atoms. The molecular formula is C28H37N3O3. The van der Waals surface area contributed by atoms with Crippen LogP contribution in [0, 0.1) is 0 Å². The van der Waals surface area contributed by atoms with Crippen molar-refractivity contribution in [2.45, 2.75) is 64.0 Å². The van der Waals surface area contributed by atoms with Gasteiger partial charge in [0, 0.05) is 43.0 Å². The summed E-state index contributed by atoms with van der Waals surface area (Å²) in [4.78, 5) is 30.7. The fraction of sp³-hybridized carbons (Fsp3) is 0.500. The summed E-state index contributed by atoms with van der Waals surface area (Å²) in [5, 5.41) is 3.17. The maximum absolute atomic E-state index is 13.6. The molecular weight excluding hydrogens is 426 g/mol. The number of hydrogen-bond acceptors (Lipinski definition) is 4. The molecule has 4 rings (SSSR count). The number of hydrogen-bond donors (Lipinski definition) is 1. The van der Waals surface area contributed by atoms with Gasteiger partial charge in [-0.25, -0.2) is 0 Å². The monoisotopic (exact) mass is 463 g/mol. The van der Waals surface area contributed by atoms with Crippen LogP contribution in [-0.4, -0.2) is 55.5 Å². The molecule has 2 aromatic rings. The smallest absolute Gasteiger partial charge is 0.256 e. The molecule has 2 aliphatic rings. The van der Waals surface area contributed by atoms with E-state index in [1.165, 1.54) is 19.3 Å². The van der Waals surface area contributed by atoms with Crippen LogP contribution >= 0.6 is 0 Å². The summed E-state index contributed by atoms with van der Waals surface area (Å²) in [7, 11) is 1.60. The van der Waals surface area contributed by atoms with Gasteiger partial charge in [0.25, 0.3) is 11.8 Å². The number of carbonyl (C=O) groups is 2. The lowest BCUT2D eigenvalue weighted by Gasteiger charge is -2.37. The molecule has 1 heterocycles. The lowest BCUT2D eigenvalue weighted by molar-refractivity contribution is 0.0648. The average molecular weight is 464 g/mol. The summed E-state index contributed by atoms with van der Waals surface area (Å²) in [5.41, 5.74) is 2.42. The second-order valence-electron chi connectivity index (χ2n) is 9.37. The van der Waals surface area contributed by atoms with Crippen LogP contribution in [0.25, 0.3) is 0 Å². The number of piperidine rings is 1. The number of nitrogens with zero attached hydrogens (tertiary/aromatic N) is 2. The van der Waals surface area contributed by atoms with Gasteiger partial charge in [0.1, 0.15) is 5.75 Å². The Labute approximate surface area is 203 Å². The van der Waals surface area contributed by atoms with E-state index in [1.807, 2.05) is 30.3 Å². The summed E-state index contributed by atoms with van der Waals surface area (Å²) in [6.07, 6.45) is 7.62. The topological polar surface area (TPSA) is 61.9 Å². The minimum absolute atomic E-state index is 0.0704. The van der Waals surface area contributed by atoms with Gasteiger partial charge < -0.3 is 19.9 Å². The summed E-state index contributed by atoms with van der Waals surface area (Å²) in [6, 6.07) is 15.7. The molecule has 2 aromatic carbocycles. The van der Waals surface area contributed by atoms with Crippen LogP contribution in [0.4, 0.5) is 5.69 Å². The van der Waals surface area contributed by atoms with Crippen LogP contribution in [0.2, 0.25) is 0 Å². The quantitative estimate of drug-likeness (QED) is 0.635. The number of benzene rings is 2. The van der Waals surface area contributed by atoms with Crippen molar-refractivity contribution in [3.05, 3.63) is 59.7 Å². The summed E-state index contributed by atoms with van der Waals surface area (Å²) < 4.78 is 5.23. The van der Waals surface area contributed by atoms with Gasteiger partial charge in [-0.05, 0) is 62.9 Å². The molecule has 0 unspecified atom stereocenters. The molecule has 2 amide bonds. The Morgan fingerprint density at radius 1 is 1.00 bits per heavy atom. The summed E-state index contributed by atoms with van der Waals surface area (Å²) in [6.45, 7) is 4.45. The minimum Gasteiger partial charge on any atom is -0.497 e. The number of carbonyl (C=O) groups excluding carboxylic acids is 2. The second-order valence-corrected chi connectivity index (χ2v) is 9.37. The molecule has 0 bridgehead atoms. The Morgan fingerprint density at radius 3 is 2.44 bits per heavy atom.